The zero-order chi connectivity index (χ0) is 12.0. The molecule has 0 bridgehead atoms. The lowest BCUT2D eigenvalue weighted by molar-refractivity contribution is 0.271. The van der Waals surface area contributed by atoms with Crippen LogP contribution in [0.25, 0.3) is 0 Å². The van der Waals surface area contributed by atoms with Gasteiger partial charge >= 0.3 is 0 Å². The Hall–Kier alpha value is -0.700. The molecular weight excluding hydrogens is 224 g/mol. The molecular formula is C12H21ClN2O. The Morgan fingerprint density at radius 1 is 1.44 bits per heavy atom. The maximum absolute atomic E-state index is 6.03. The highest BCUT2D eigenvalue weighted by molar-refractivity contribution is 6.22. The number of aliphatic imine (C=N–C) groups is 1. The zero-order valence-corrected chi connectivity index (χ0v) is 10.9. The van der Waals surface area contributed by atoms with Crippen molar-refractivity contribution in [2.75, 3.05) is 7.11 Å². The minimum atomic E-state index is -0.219. The summed E-state index contributed by atoms with van der Waals surface area (Å²) < 4.78 is 5.22. The third-order valence-electron chi connectivity index (χ3n) is 2.77. The molecule has 0 aliphatic carbocycles. The van der Waals surface area contributed by atoms with Crippen molar-refractivity contribution < 1.29 is 4.74 Å². The van der Waals surface area contributed by atoms with Gasteiger partial charge in [-0.25, -0.2) is 0 Å². The van der Waals surface area contributed by atoms with Crippen molar-refractivity contribution in [3.05, 3.63) is 11.5 Å². The molecule has 0 aromatic heterocycles. The Morgan fingerprint density at radius 3 is 2.81 bits per heavy atom. The molecule has 1 heterocycles. The van der Waals surface area contributed by atoms with Crippen molar-refractivity contribution >= 4 is 17.3 Å². The Kier molecular flexibility index (Phi) is 5.67. The Morgan fingerprint density at radius 2 is 2.19 bits per heavy atom. The quantitative estimate of drug-likeness (QED) is 0.443. The highest BCUT2D eigenvalue weighted by Gasteiger charge is 2.20. The second kappa shape index (κ2) is 6.79. The average molecular weight is 245 g/mol. The SMILES string of the molecule is CCCCCCC1=NC(Cl)CC(OC)=C1N. The van der Waals surface area contributed by atoms with Crippen molar-refractivity contribution in [2.45, 2.75) is 50.9 Å². The van der Waals surface area contributed by atoms with Crippen molar-refractivity contribution in [3.63, 3.8) is 0 Å². The van der Waals surface area contributed by atoms with Crippen molar-refractivity contribution in [1.29, 1.82) is 0 Å². The minimum absolute atomic E-state index is 0.219. The van der Waals surface area contributed by atoms with E-state index in [1.165, 1.54) is 19.3 Å². The zero-order valence-electron chi connectivity index (χ0n) is 10.1. The number of nitrogens with zero attached hydrogens (tertiary/aromatic N) is 1. The molecule has 3 nitrogen and oxygen atoms in total. The van der Waals surface area contributed by atoms with Crippen LogP contribution in [0.4, 0.5) is 0 Å². The van der Waals surface area contributed by atoms with Gasteiger partial charge in [0.05, 0.1) is 18.5 Å². The van der Waals surface area contributed by atoms with Crippen LogP contribution >= 0.6 is 11.6 Å². The number of halogens is 1. The van der Waals surface area contributed by atoms with Gasteiger partial charge in [-0.15, -0.1) is 0 Å². The van der Waals surface area contributed by atoms with Gasteiger partial charge in [-0.3, -0.25) is 4.99 Å². The first kappa shape index (κ1) is 13.4. The van der Waals surface area contributed by atoms with Crippen molar-refractivity contribution in [3.8, 4) is 0 Å². The van der Waals surface area contributed by atoms with Gasteiger partial charge in [0.1, 0.15) is 11.3 Å². The molecule has 0 radical (unpaired) electrons. The fourth-order valence-electron chi connectivity index (χ4n) is 1.82. The van der Waals surface area contributed by atoms with Crippen LogP contribution in [0.5, 0.6) is 0 Å². The maximum Gasteiger partial charge on any atom is 0.131 e. The second-order valence-electron chi connectivity index (χ2n) is 4.07. The van der Waals surface area contributed by atoms with E-state index in [0.717, 1.165) is 24.3 Å². The molecule has 92 valence electrons. The topological polar surface area (TPSA) is 47.6 Å². The van der Waals surface area contributed by atoms with Crippen LogP contribution in [0.2, 0.25) is 0 Å². The Balaban J connectivity index is 2.53. The predicted octanol–water partition coefficient (Wildman–Crippen LogP) is 3.18. The number of ether oxygens (including phenoxy) is 1. The molecule has 0 saturated carbocycles. The maximum atomic E-state index is 6.03. The van der Waals surface area contributed by atoms with E-state index in [-0.39, 0.29) is 5.50 Å². The summed E-state index contributed by atoms with van der Waals surface area (Å²) >= 11 is 6.03. The van der Waals surface area contributed by atoms with E-state index >= 15 is 0 Å². The van der Waals surface area contributed by atoms with Crippen LogP contribution in [0, 0.1) is 0 Å². The van der Waals surface area contributed by atoms with E-state index in [1.54, 1.807) is 7.11 Å². The smallest absolute Gasteiger partial charge is 0.131 e. The fourth-order valence-corrected chi connectivity index (χ4v) is 2.08. The van der Waals surface area contributed by atoms with Crippen LogP contribution < -0.4 is 5.73 Å². The van der Waals surface area contributed by atoms with Gasteiger partial charge in [0.2, 0.25) is 0 Å². The molecule has 0 spiro atoms. The molecule has 0 saturated heterocycles. The third-order valence-corrected chi connectivity index (χ3v) is 3.03. The summed E-state index contributed by atoms with van der Waals surface area (Å²) in [7, 11) is 1.63. The van der Waals surface area contributed by atoms with Gasteiger partial charge in [0.25, 0.3) is 0 Å². The molecule has 1 aliphatic heterocycles. The monoisotopic (exact) mass is 244 g/mol. The van der Waals surface area contributed by atoms with E-state index < -0.39 is 0 Å². The number of methoxy groups -OCH3 is 1. The largest absolute Gasteiger partial charge is 0.499 e. The number of nitrogens with two attached hydrogens (primary N) is 1. The minimum Gasteiger partial charge on any atom is -0.499 e. The normalized spacial score (nSPS) is 20.9. The number of alkyl halides is 1. The van der Waals surface area contributed by atoms with Crippen LogP contribution in [-0.4, -0.2) is 18.3 Å². The average Bonchev–Trinajstić information content (AvgIpc) is 2.28. The first-order valence-corrected chi connectivity index (χ1v) is 6.36. The van der Waals surface area contributed by atoms with Gasteiger partial charge in [0, 0.05) is 6.42 Å². The van der Waals surface area contributed by atoms with E-state index in [1.807, 2.05) is 0 Å². The first-order valence-electron chi connectivity index (χ1n) is 5.92. The summed E-state index contributed by atoms with van der Waals surface area (Å²) in [5.41, 5.74) is 7.36. The van der Waals surface area contributed by atoms with Crippen LogP contribution in [0.1, 0.15) is 45.4 Å². The lowest BCUT2D eigenvalue weighted by Crippen LogP contribution is -2.22. The van der Waals surface area contributed by atoms with Crippen LogP contribution in [-0.2, 0) is 4.74 Å². The first-order chi connectivity index (χ1) is 7.69. The summed E-state index contributed by atoms with van der Waals surface area (Å²) in [5.74, 6) is 0.778. The fraction of sp³-hybridized carbons (Fsp3) is 0.750. The number of hydrogen-bond acceptors (Lipinski definition) is 3. The Bertz CT molecular complexity index is 287. The Labute approximate surface area is 103 Å². The molecule has 2 N–H and O–H groups in total. The lowest BCUT2D eigenvalue weighted by Gasteiger charge is -2.20. The number of dihydropyridines is 1. The highest BCUT2D eigenvalue weighted by Crippen LogP contribution is 2.23. The van der Waals surface area contributed by atoms with Crippen molar-refractivity contribution in [1.82, 2.24) is 0 Å². The van der Waals surface area contributed by atoms with E-state index in [9.17, 15) is 0 Å². The molecule has 0 aromatic carbocycles. The molecule has 1 unspecified atom stereocenters. The van der Waals surface area contributed by atoms with Crippen LogP contribution in [0.15, 0.2) is 16.4 Å². The van der Waals surface area contributed by atoms with Gasteiger partial charge in [-0.05, 0) is 12.8 Å². The lowest BCUT2D eigenvalue weighted by atomic mass is 10.0. The predicted molar refractivity (Wildman–Crippen MR) is 68.7 cm³/mol. The number of hydrogen-bond donors (Lipinski definition) is 1. The molecule has 4 heteroatoms. The molecule has 0 amide bonds. The van der Waals surface area contributed by atoms with E-state index in [4.69, 9.17) is 22.1 Å². The van der Waals surface area contributed by atoms with E-state index in [2.05, 4.69) is 11.9 Å². The van der Waals surface area contributed by atoms with Gasteiger partial charge in [-0.2, -0.15) is 0 Å². The summed E-state index contributed by atoms with van der Waals surface area (Å²) in [6, 6.07) is 0. The number of unbranched alkanes of at least 4 members (excludes halogenated alkanes) is 3. The van der Waals surface area contributed by atoms with Crippen LogP contribution in [0.3, 0.4) is 0 Å². The molecule has 1 aliphatic rings. The number of rotatable bonds is 6. The molecule has 0 aromatic rings. The van der Waals surface area contributed by atoms with Gasteiger partial charge < -0.3 is 10.5 Å². The van der Waals surface area contributed by atoms with Gasteiger partial charge in [0.15, 0.2) is 0 Å². The molecule has 1 atom stereocenters. The summed E-state index contributed by atoms with van der Waals surface area (Å²) in [5, 5.41) is 0. The third kappa shape index (κ3) is 3.71. The molecule has 0 fully saturated rings. The molecule has 1 rings (SSSR count). The summed E-state index contributed by atoms with van der Waals surface area (Å²) in [6.45, 7) is 2.20. The standard InChI is InChI=1S/C12H21ClN2O/c1-3-4-5-6-7-9-12(14)10(16-2)8-11(13)15-9/h11H,3-8,14H2,1-2H3. The van der Waals surface area contributed by atoms with Crippen molar-refractivity contribution in [2.24, 2.45) is 10.7 Å². The summed E-state index contributed by atoms with van der Waals surface area (Å²) in [4.78, 5) is 4.38. The number of allylic oxidation sites excluding steroid dienone is 1. The van der Waals surface area contributed by atoms with Gasteiger partial charge in [-0.1, -0.05) is 37.8 Å². The molecule has 16 heavy (non-hydrogen) atoms. The summed E-state index contributed by atoms with van der Waals surface area (Å²) in [6.07, 6.45) is 6.34. The van der Waals surface area contributed by atoms with E-state index in [0.29, 0.717) is 12.1 Å². The second-order valence-corrected chi connectivity index (χ2v) is 4.57. The highest BCUT2D eigenvalue weighted by atomic mass is 35.5.